The summed E-state index contributed by atoms with van der Waals surface area (Å²) < 4.78 is 6.06. The van der Waals surface area contributed by atoms with Gasteiger partial charge in [0.2, 0.25) is 0 Å². The van der Waals surface area contributed by atoms with Gasteiger partial charge in [-0.2, -0.15) is 0 Å². The standard InChI is InChI=1S/C15H21N3O5/c1-10(13(21)16-14(22)17-15(2,3)4)23-12(20)9-18-8-6-5-7-11(18)19/h5-8,10H,9H2,1-4H3,(H2,16,17,21,22)/t10-/m0/s1. The summed E-state index contributed by atoms with van der Waals surface area (Å²) in [6.45, 7) is 6.31. The third-order valence-electron chi connectivity index (χ3n) is 2.60. The highest BCUT2D eigenvalue weighted by molar-refractivity contribution is 5.97. The summed E-state index contributed by atoms with van der Waals surface area (Å²) in [5.41, 5.74) is -0.857. The Bertz CT molecular complexity index is 645. The molecular weight excluding hydrogens is 302 g/mol. The maximum absolute atomic E-state index is 11.8. The Morgan fingerprint density at radius 3 is 2.48 bits per heavy atom. The normalized spacial score (nSPS) is 12.2. The molecule has 1 aromatic rings. The number of hydrogen-bond donors (Lipinski definition) is 2. The minimum absolute atomic E-state index is 0.314. The topological polar surface area (TPSA) is 106 Å². The first-order chi connectivity index (χ1) is 10.6. The van der Waals surface area contributed by atoms with Crippen molar-refractivity contribution in [1.29, 1.82) is 0 Å². The molecule has 0 aliphatic heterocycles. The van der Waals surface area contributed by atoms with Gasteiger partial charge in [0, 0.05) is 17.8 Å². The van der Waals surface area contributed by atoms with E-state index in [2.05, 4.69) is 10.6 Å². The predicted octanol–water partition coefficient (Wildman–Crippen LogP) is 0.404. The number of carbonyl (C=O) groups excluding carboxylic acids is 3. The minimum Gasteiger partial charge on any atom is -0.451 e. The van der Waals surface area contributed by atoms with Gasteiger partial charge in [0.25, 0.3) is 11.5 Å². The molecule has 0 saturated carbocycles. The van der Waals surface area contributed by atoms with E-state index in [0.717, 1.165) is 4.57 Å². The molecule has 0 aromatic carbocycles. The fourth-order valence-corrected chi connectivity index (χ4v) is 1.60. The third-order valence-corrected chi connectivity index (χ3v) is 2.60. The van der Waals surface area contributed by atoms with Gasteiger partial charge in [-0.1, -0.05) is 6.07 Å². The Labute approximate surface area is 133 Å². The van der Waals surface area contributed by atoms with Crippen LogP contribution in [-0.2, 0) is 20.9 Å². The molecule has 0 unspecified atom stereocenters. The van der Waals surface area contributed by atoms with Crippen LogP contribution in [0.1, 0.15) is 27.7 Å². The van der Waals surface area contributed by atoms with Crippen LogP contribution in [0.2, 0.25) is 0 Å². The lowest BCUT2D eigenvalue weighted by molar-refractivity contribution is -0.155. The maximum atomic E-state index is 11.8. The average Bonchev–Trinajstić information content (AvgIpc) is 2.38. The maximum Gasteiger partial charge on any atom is 0.326 e. The number of imide groups is 1. The second-order valence-corrected chi connectivity index (χ2v) is 5.99. The van der Waals surface area contributed by atoms with E-state index in [9.17, 15) is 19.2 Å². The molecule has 8 heteroatoms. The molecule has 1 heterocycles. The molecule has 0 bridgehead atoms. The van der Waals surface area contributed by atoms with Gasteiger partial charge in [0.1, 0.15) is 6.54 Å². The number of rotatable bonds is 4. The number of esters is 1. The Hall–Kier alpha value is -2.64. The average molecular weight is 323 g/mol. The Morgan fingerprint density at radius 2 is 1.91 bits per heavy atom. The molecule has 0 aliphatic carbocycles. The third kappa shape index (κ3) is 6.77. The number of nitrogens with one attached hydrogen (secondary N) is 2. The molecule has 1 atom stereocenters. The van der Waals surface area contributed by atoms with Crippen molar-refractivity contribution in [1.82, 2.24) is 15.2 Å². The van der Waals surface area contributed by atoms with E-state index in [0.29, 0.717) is 0 Å². The van der Waals surface area contributed by atoms with Gasteiger partial charge in [0.05, 0.1) is 0 Å². The molecule has 3 amide bonds. The summed E-state index contributed by atoms with van der Waals surface area (Å²) in [5, 5.41) is 4.63. The number of urea groups is 1. The molecule has 2 N–H and O–H groups in total. The SMILES string of the molecule is C[C@H](OC(=O)Cn1ccccc1=O)C(=O)NC(=O)NC(C)(C)C. The van der Waals surface area contributed by atoms with Gasteiger partial charge in [0.15, 0.2) is 6.10 Å². The number of carbonyl (C=O) groups is 3. The summed E-state index contributed by atoms with van der Waals surface area (Å²) in [6, 6.07) is 3.78. The second-order valence-electron chi connectivity index (χ2n) is 5.99. The second kappa shape index (κ2) is 7.57. The predicted molar refractivity (Wildman–Crippen MR) is 82.7 cm³/mol. The minimum atomic E-state index is -1.16. The van der Waals surface area contributed by atoms with E-state index in [1.165, 1.54) is 19.2 Å². The zero-order valence-corrected chi connectivity index (χ0v) is 13.6. The lowest BCUT2D eigenvalue weighted by Crippen LogP contribution is -2.50. The highest BCUT2D eigenvalue weighted by atomic mass is 16.5. The highest BCUT2D eigenvalue weighted by Gasteiger charge is 2.22. The van der Waals surface area contributed by atoms with Crippen LogP contribution < -0.4 is 16.2 Å². The molecule has 8 nitrogen and oxygen atoms in total. The number of nitrogens with zero attached hydrogens (tertiary/aromatic N) is 1. The Balaban J connectivity index is 2.52. The number of pyridine rings is 1. The van der Waals surface area contributed by atoms with Gasteiger partial charge in [-0.05, 0) is 33.8 Å². The zero-order valence-electron chi connectivity index (χ0n) is 13.6. The van der Waals surface area contributed by atoms with Crippen molar-refractivity contribution in [2.75, 3.05) is 0 Å². The molecule has 0 spiro atoms. The van der Waals surface area contributed by atoms with Crippen LogP contribution in [0.5, 0.6) is 0 Å². The fraction of sp³-hybridized carbons (Fsp3) is 0.467. The lowest BCUT2D eigenvalue weighted by Gasteiger charge is -2.21. The summed E-state index contributed by atoms with van der Waals surface area (Å²) in [4.78, 5) is 46.5. The molecule has 1 aromatic heterocycles. The van der Waals surface area contributed by atoms with Crippen molar-refractivity contribution < 1.29 is 19.1 Å². The van der Waals surface area contributed by atoms with Crippen LogP contribution in [0.3, 0.4) is 0 Å². The van der Waals surface area contributed by atoms with Crippen LogP contribution in [-0.4, -0.2) is 34.1 Å². The van der Waals surface area contributed by atoms with Crippen LogP contribution in [0.25, 0.3) is 0 Å². The van der Waals surface area contributed by atoms with E-state index in [-0.39, 0.29) is 12.1 Å². The monoisotopic (exact) mass is 323 g/mol. The summed E-state index contributed by atoms with van der Waals surface area (Å²) in [5.74, 6) is -1.50. The summed E-state index contributed by atoms with van der Waals surface area (Å²) in [6.07, 6.45) is 0.276. The van der Waals surface area contributed by atoms with Crippen molar-refractivity contribution in [3.63, 3.8) is 0 Å². The van der Waals surface area contributed by atoms with Gasteiger partial charge < -0.3 is 14.6 Å². The highest BCUT2D eigenvalue weighted by Crippen LogP contribution is 1.98. The Kier molecular flexibility index (Phi) is 6.06. The van der Waals surface area contributed by atoms with E-state index in [4.69, 9.17) is 4.74 Å². The number of aromatic nitrogens is 1. The molecule has 0 radical (unpaired) electrons. The van der Waals surface area contributed by atoms with Crippen LogP contribution in [0.15, 0.2) is 29.2 Å². The molecule has 0 aliphatic rings. The van der Waals surface area contributed by atoms with Gasteiger partial charge >= 0.3 is 12.0 Å². The van der Waals surface area contributed by atoms with E-state index >= 15 is 0 Å². The van der Waals surface area contributed by atoms with Crippen molar-refractivity contribution >= 4 is 17.9 Å². The summed E-state index contributed by atoms with van der Waals surface area (Å²) in [7, 11) is 0. The smallest absolute Gasteiger partial charge is 0.326 e. The Morgan fingerprint density at radius 1 is 1.26 bits per heavy atom. The van der Waals surface area contributed by atoms with Gasteiger partial charge in [-0.3, -0.25) is 19.7 Å². The van der Waals surface area contributed by atoms with Crippen LogP contribution in [0, 0.1) is 0 Å². The first-order valence-corrected chi connectivity index (χ1v) is 7.06. The fourth-order valence-electron chi connectivity index (χ4n) is 1.60. The van der Waals surface area contributed by atoms with Crippen LogP contribution in [0.4, 0.5) is 4.79 Å². The van der Waals surface area contributed by atoms with Crippen molar-refractivity contribution in [2.45, 2.75) is 45.9 Å². The number of amides is 3. The zero-order chi connectivity index (χ0) is 17.6. The molecule has 126 valence electrons. The number of ether oxygens (including phenoxy) is 1. The molecule has 23 heavy (non-hydrogen) atoms. The quantitative estimate of drug-likeness (QED) is 0.780. The molecule has 0 fully saturated rings. The summed E-state index contributed by atoms with van der Waals surface area (Å²) >= 11 is 0. The first kappa shape index (κ1) is 18.4. The molecule has 1 rings (SSSR count). The molecule has 0 saturated heterocycles. The van der Waals surface area contributed by atoms with Crippen molar-refractivity contribution in [2.24, 2.45) is 0 Å². The van der Waals surface area contributed by atoms with Crippen LogP contribution >= 0.6 is 0 Å². The van der Waals surface area contributed by atoms with E-state index in [1.54, 1.807) is 32.9 Å². The molecular formula is C15H21N3O5. The van der Waals surface area contributed by atoms with E-state index < -0.39 is 29.6 Å². The van der Waals surface area contributed by atoms with Gasteiger partial charge in [-0.15, -0.1) is 0 Å². The van der Waals surface area contributed by atoms with Gasteiger partial charge in [-0.25, -0.2) is 4.79 Å². The van der Waals surface area contributed by atoms with E-state index in [1.807, 2.05) is 0 Å². The lowest BCUT2D eigenvalue weighted by atomic mass is 10.1. The first-order valence-electron chi connectivity index (χ1n) is 7.06. The van der Waals surface area contributed by atoms with Crippen molar-refractivity contribution in [3.05, 3.63) is 34.7 Å². The largest absolute Gasteiger partial charge is 0.451 e. The number of hydrogen-bond acceptors (Lipinski definition) is 5. The van der Waals surface area contributed by atoms with Crippen molar-refractivity contribution in [3.8, 4) is 0 Å².